The number of allylic oxidation sites excluding steroid dienone is 1. The smallest absolute Gasteiger partial charge is 0.255 e. The Morgan fingerprint density at radius 2 is 1.56 bits per heavy atom. The van der Waals surface area contributed by atoms with Gasteiger partial charge in [-0.25, -0.2) is 12.7 Å². The highest BCUT2D eigenvalue weighted by Crippen LogP contribution is 2.16. The molecule has 7 nitrogen and oxygen atoms in total. The van der Waals surface area contributed by atoms with Crippen molar-refractivity contribution in [3.63, 3.8) is 0 Å². The lowest BCUT2D eigenvalue weighted by Gasteiger charge is -2.11. The highest BCUT2D eigenvalue weighted by atomic mass is 32.2. The number of carbonyl (C=O) groups is 1. The van der Waals surface area contributed by atoms with Gasteiger partial charge in [-0.1, -0.05) is 12.1 Å². The predicted octanol–water partition coefficient (Wildman–Crippen LogP) is 2.62. The average Bonchev–Trinajstić information content (AvgIpc) is 2.67. The van der Waals surface area contributed by atoms with Gasteiger partial charge >= 0.3 is 0 Å². The van der Waals surface area contributed by atoms with Crippen LogP contribution in [0.2, 0.25) is 0 Å². The molecule has 1 amide bonds. The van der Waals surface area contributed by atoms with Gasteiger partial charge in [0.05, 0.1) is 4.90 Å². The van der Waals surface area contributed by atoms with Gasteiger partial charge < -0.3 is 5.32 Å². The molecule has 0 radical (unpaired) electrons. The van der Waals surface area contributed by atoms with E-state index in [9.17, 15) is 13.2 Å². The number of anilines is 1. The number of amides is 1. The van der Waals surface area contributed by atoms with E-state index in [-0.39, 0.29) is 16.4 Å². The maximum Gasteiger partial charge on any atom is 0.255 e. The molecule has 0 aliphatic rings. The van der Waals surface area contributed by atoms with E-state index in [0.717, 1.165) is 4.31 Å². The molecular formula is C19H16N4O3S. The molecule has 0 aliphatic heterocycles. The Hall–Kier alpha value is -3.46. The number of carbonyl (C=O) groups excluding carboxylic acids is 1. The number of nitrogens with zero attached hydrogens (tertiary/aromatic N) is 3. The summed E-state index contributed by atoms with van der Waals surface area (Å²) in [5, 5.41) is 20.2. The Balaban J connectivity index is 2.13. The largest absolute Gasteiger partial charge is 0.322 e. The Labute approximate surface area is 157 Å². The van der Waals surface area contributed by atoms with E-state index in [1.807, 2.05) is 0 Å². The van der Waals surface area contributed by atoms with Crippen LogP contribution in [0, 0.1) is 22.7 Å². The van der Waals surface area contributed by atoms with Gasteiger partial charge in [-0.3, -0.25) is 4.79 Å². The second-order valence-electron chi connectivity index (χ2n) is 5.67. The molecule has 2 aromatic carbocycles. The van der Waals surface area contributed by atoms with E-state index in [4.69, 9.17) is 10.5 Å². The van der Waals surface area contributed by atoms with Crippen molar-refractivity contribution in [3.05, 3.63) is 65.2 Å². The maximum absolute atomic E-state index is 12.3. The van der Waals surface area contributed by atoms with E-state index in [1.54, 1.807) is 36.4 Å². The van der Waals surface area contributed by atoms with Crippen LogP contribution in [0.1, 0.15) is 15.9 Å². The minimum Gasteiger partial charge on any atom is -0.322 e. The summed E-state index contributed by atoms with van der Waals surface area (Å²) in [5.74, 6) is -0.387. The molecular weight excluding hydrogens is 364 g/mol. The zero-order valence-electron chi connectivity index (χ0n) is 14.7. The Morgan fingerprint density at radius 3 is 2.04 bits per heavy atom. The van der Waals surface area contributed by atoms with Crippen LogP contribution in [0.4, 0.5) is 5.69 Å². The van der Waals surface area contributed by atoms with E-state index in [2.05, 4.69) is 5.32 Å². The molecule has 0 saturated heterocycles. The normalized spacial score (nSPS) is 10.6. The van der Waals surface area contributed by atoms with Crippen LogP contribution in [0.15, 0.2) is 59.0 Å². The van der Waals surface area contributed by atoms with Crippen LogP contribution < -0.4 is 5.32 Å². The quantitative estimate of drug-likeness (QED) is 0.801. The summed E-state index contributed by atoms with van der Waals surface area (Å²) in [6.07, 6.45) is 1.44. The van der Waals surface area contributed by atoms with Gasteiger partial charge in [-0.05, 0) is 48.0 Å². The highest BCUT2D eigenvalue weighted by molar-refractivity contribution is 7.89. The SMILES string of the molecule is CN(C)S(=O)(=O)c1ccc(C(=O)Nc2ccc(C=C(C#N)C#N)cc2)cc1. The third kappa shape index (κ3) is 4.79. The number of hydrogen-bond donors (Lipinski definition) is 1. The zero-order chi connectivity index (χ0) is 20.0. The number of nitriles is 2. The molecule has 0 atom stereocenters. The first-order chi connectivity index (χ1) is 12.8. The fourth-order valence-corrected chi connectivity index (χ4v) is 3.01. The first kappa shape index (κ1) is 19.9. The van der Waals surface area contributed by atoms with Crippen molar-refractivity contribution in [1.82, 2.24) is 4.31 Å². The second-order valence-corrected chi connectivity index (χ2v) is 7.82. The van der Waals surface area contributed by atoms with Crippen LogP contribution in [0.3, 0.4) is 0 Å². The number of rotatable bonds is 5. The molecule has 0 spiro atoms. The summed E-state index contributed by atoms with van der Waals surface area (Å²) in [7, 11) is -0.676. The molecule has 136 valence electrons. The summed E-state index contributed by atoms with van der Waals surface area (Å²) >= 11 is 0. The molecule has 27 heavy (non-hydrogen) atoms. The van der Waals surface area contributed by atoms with Crippen molar-refractivity contribution >= 4 is 27.7 Å². The third-order valence-electron chi connectivity index (χ3n) is 3.62. The van der Waals surface area contributed by atoms with Crippen molar-refractivity contribution in [2.24, 2.45) is 0 Å². The van der Waals surface area contributed by atoms with Crippen LogP contribution in [0.5, 0.6) is 0 Å². The Kier molecular flexibility index (Phi) is 6.09. The molecule has 1 N–H and O–H groups in total. The Bertz CT molecular complexity index is 1040. The molecule has 2 aromatic rings. The lowest BCUT2D eigenvalue weighted by Crippen LogP contribution is -2.22. The van der Waals surface area contributed by atoms with Crippen LogP contribution in [0.25, 0.3) is 6.08 Å². The summed E-state index contributed by atoms with van der Waals surface area (Å²) < 4.78 is 25.2. The molecule has 8 heteroatoms. The monoisotopic (exact) mass is 380 g/mol. The summed E-state index contributed by atoms with van der Waals surface area (Å²) in [6.45, 7) is 0. The van der Waals surface area contributed by atoms with Crippen molar-refractivity contribution in [2.45, 2.75) is 4.90 Å². The number of benzene rings is 2. The molecule has 0 unspecified atom stereocenters. The molecule has 0 saturated carbocycles. The van der Waals surface area contributed by atoms with Crippen molar-refractivity contribution in [3.8, 4) is 12.1 Å². The van der Waals surface area contributed by atoms with Crippen molar-refractivity contribution in [2.75, 3.05) is 19.4 Å². The maximum atomic E-state index is 12.3. The zero-order valence-corrected chi connectivity index (χ0v) is 15.5. The topological polar surface area (TPSA) is 114 Å². The molecule has 0 fully saturated rings. The van der Waals surface area contributed by atoms with Crippen molar-refractivity contribution < 1.29 is 13.2 Å². The fourth-order valence-electron chi connectivity index (χ4n) is 2.11. The summed E-state index contributed by atoms with van der Waals surface area (Å²) in [5.41, 5.74) is 1.48. The number of sulfonamides is 1. The predicted molar refractivity (Wildman–Crippen MR) is 101 cm³/mol. The molecule has 0 aromatic heterocycles. The molecule has 2 rings (SSSR count). The summed E-state index contributed by atoms with van der Waals surface area (Å²) in [6, 6.07) is 15.8. The highest BCUT2D eigenvalue weighted by Gasteiger charge is 2.17. The first-order valence-electron chi connectivity index (χ1n) is 7.74. The van der Waals surface area contributed by atoms with Crippen LogP contribution >= 0.6 is 0 Å². The van der Waals surface area contributed by atoms with Gasteiger partial charge in [0.25, 0.3) is 5.91 Å². The number of nitrogens with one attached hydrogen (secondary N) is 1. The minimum absolute atomic E-state index is 0.0143. The van der Waals surface area contributed by atoms with Crippen LogP contribution in [-0.4, -0.2) is 32.7 Å². The number of hydrogen-bond acceptors (Lipinski definition) is 5. The lowest BCUT2D eigenvalue weighted by atomic mass is 10.1. The lowest BCUT2D eigenvalue weighted by molar-refractivity contribution is 0.102. The van der Waals surface area contributed by atoms with Gasteiger partial charge in [0.1, 0.15) is 17.7 Å². The Morgan fingerprint density at radius 1 is 1.00 bits per heavy atom. The van der Waals surface area contributed by atoms with Gasteiger partial charge in [-0.2, -0.15) is 10.5 Å². The fraction of sp³-hybridized carbons (Fsp3) is 0.105. The van der Waals surface area contributed by atoms with Crippen molar-refractivity contribution in [1.29, 1.82) is 10.5 Å². The molecule has 0 heterocycles. The van der Waals surface area contributed by atoms with E-state index >= 15 is 0 Å². The summed E-state index contributed by atoms with van der Waals surface area (Å²) in [4.78, 5) is 12.4. The van der Waals surface area contributed by atoms with Gasteiger partial charge in [0.2, 0.25) is 10.0 Å². The third-order valence-corrected chi connectivity index (χ3v) is 5.44. The van der Waals surface area contributed by atoms with Gasteiger partial charge in [0.15, 0.2) is 0 Å². The average molecular weight is 380 g/mol. The van der Waals surface area contributed by atoms with Gasteiger partial charge in [-0.15, -0.1) is 0 Å². The first-order valence-corrected chi connectivity index (χ1v) is 9.18. The standard InChI is InChI=1S/C19H16N4O3S/c1-23(2)27(25,26)18-9-5-16(6-10-18)19(24)22-17-7-3-14(4-8-17)11-15(12-20)13-21/h3-11H,1-2H3,(H,22,24). The van der Waals surface area contributed by atoms with E-state index in [0.29, 0.717) is 16.8 Å². The van der Waals surface area contributed by atoms with Crippen LogP contribution in [-0.2, 0) is 10.0 Å². The molecule has 0 aliphatic carbocycles. The minimum atomic E-state index is -3.55. The van der Waals surface area contributed by atoms with E-state index < -0.39 is 10.0 Å². The van der Waals surface area contributed by atoms with Gasteiger partial charge in [0, 0.05) is 25.3 Å². The second kappa shape index (κ2) is 8.28. The molecule has 0 bridgehead atoms. The van der Waals surface area contributed by atoms with E-state index in [1.165, 1.54) is 44.4 Å².